The van der Waals surface area contributed by atoms with E-state index < -0.39 is 17.5 Å². The summed E-state index contributed by atoms with van der Waals surface area (Å²) in [5.41, 5.74) is 0. The maximum atomic E-state index is 12.2. The highest BCUT2D eigenvalue weighted by Crippen LogP contribution is 2.25. The molecule has 0 aromatic heterocycles. The molecule has 0 unspecified atom stereocenters. The molecule has 0 rings (SSSR count). The first kappa shape index (κ1) is 9.49. The van der Waals surface area contributed by atoms with E-state index in [4.69, 9.17) is 0 Å². The third kappa shape index (κ3) is 2.39. The molecule has 0 aromatic carbocycles. The number of hydrogen-bond acceptors (Lipinski definition) is 0. The first-order chi connectivity index (χ1) is 4.46. The second-order valence-electron chi connectivity index (χ2n) is 1.44. The Hall–Kier alpha value is -0.510. The number of halogens is 4. The highest BCUT2D eigenvalue weighted by atomic mass is 79.9. The van der Waals surface area contributed by atoms with Crippen molar-refractivity contribution in [1.29, 1.82) is 0 Å². The predicted molar refractivity (Wildman–Crippen MR) is 37.6 cm³/mol. The molecule has 0 aliphatic heterocycles. The van der Waals surface area contributed by atoms with Gasteiger partial charge in [-0.2, -0.15) is 0 Å². The molecule has 56 valence electrons. The van der Waals surface area contributed by atoms with Crippen molar-refractivity contribution in [2.24, 2.45) is 0 Å². The zero-order chi connectivity index (χ0) is 8.31. The van der Waals surface area contributed by atoms with Crippen LogP contribution >= 0.6 is 15.9 Å². The third-order valence-electron chi connectivity index (χ3n) is 0.669. The first-order valence-electron chi connectivity index (χ1n) is 2.21. The van der Waals surface area contributed by atoms with Crippen molar-refractivity contribution in [3.8, 4) is 0 Å². The van der Waals surface area contributed by atoms with Gasteiger partial charge >= 0.3 is 0 Å². The van der Waals surface area contributed by atoms with Gasteiger partial charge in [0.15, 0.2) is 17.5 Å². The van der Waals surface area contributed by atoms with Gasteiger partial charge in [0.05, 0.1) is 0 Å². The second kappa shape index (κ2) is 3.61. The fraction of sp³-hybridized carbons (Fsp3) is 0. The normalized spacial score (nSPS) is 12.4. The first-order valence-corrected chi connectivity index (χ1v) is 3.01. The van der Waals surface area contributed by atoms with Gasteiger partial charge in [0.2, 0.25) is 0 Å². The fourth-order valence-electron chi connectivity index (χ4n) is 0.238. The summed E-state index contributed by atoms with van der Waals surface area (Å²) >= 11 is 2.53. The molecular formula is C6H4BrF3. The maximum Gasteiger partial charge on any atom is 0.194 e. The van der Waals surface area contributed by atoms with E-state index in [1.807, 2.05) is 0 Å². The smallest absolute Gasteiger partial charge is 0.194 e. The van der Waals surface area contributed by atoms with Crippen LogP contribution in [0, 0.1) is 0 Å². The molecule has 0 nitrogen and oxygen atoms in total. The molecule has 0 spiro atoms. The van der Waals surface area contributed by atoms with Crippen LogP contribution in [-0.4, -0.2) is 0 Å². The molecule has 0 aliphatic carbocycles. The lowest BCUT2D eigenvalue weighted by molar-refractivity contribution is 0.505. The van der Waals surface area contributed by atoms with Gasteiger partial charge in [-0.05, 0) is 15.9 Å². The summed E-state index contributed by atoms with van der Waals surface area (Å²) < 4.78 is 35.8. The minimum absolute atomic E-state index is 0.344. The van der Waals surface area contributed by atoms with Gasteiger partial charge < -0.3 is 0 Å². The van der Waals surface area contributed by atoms with Crippen LogP contribution in [0.3, 0.4) is 0 Å². The van der Waals surface area contributed by atoms with Gasteiger partial charge in [-0.15, -0.1) is 0 Å². The monoisotopic (exact) mass is 212 g/mol. The van der Waals surface area contributed by atoms with Gasteiger partial charge in [-0.3, -0.25) is 0 Å². The minimum atomic E-state index is -1.62. The molecule has 0 amide bonds. The Balaban J connectivity index is 4.67. The van der Waals surface area contributed by atoms with Crippen LogP contribution in [0.15, 0.2) is 35.1 Å². The van der Waals surface area contributed by atoms with Crippen molar-refractivity contribution in [2.45, 2.75) is 0 Å². The number of allylic oxidation sites excluding steroid dienone is 4. The van der Waals surface area contributed by atoms with E-state index in [9.17, 15) is 13.2 Å². The molecule has 0 saturated heterocycles. The van der Waals surface area contributed by atoms with Gasteiger partial charge in [-0.1, -0.05) is 13.2 Å². The maximum absolute atomic E-state index is 12.2. The lowest BCUT2D eigenvalue weighted by atomic mass is 10.4. The Morgan fingerprint density at radius 1 is 1.00 bits per heavy atom. The minimum Gasteiger partial charge on any atom is -0.204 e. The summed E-state index contributed by atoms with van der Waals surface area (Å²) in [5, 5.41) is 0. The molecule has 0 N–H and O–H groups in total. The highest BCUT2D eigenvalue weighted by molar-refractivity contribution is 9.11. The largest absolute Gasteiger partial charge is 0.204 e. The zero-order valence-corrected chi connectivity index (χ0v) is 6.51. The molecule has 0 heterocycles. The predicted octanol–water partition coefficient (Wildman–Crippen LogP) is 3.53. The lowest BCUT2D eigenvalue weighted by Gasteiger charge is -1.93. The van der Waals surface area contributed by atoms with Crippen LogP contribution in [0.25, 0.3) is 0 Å². The highest BCUT2D eigenvalue weighted by Gasteiger charge is 2.10. The van der Waals surface area contributed by atoms with Crippen molar-refractivity contribution in [2.75, 3.05) is 0 Å². The Morgan fingerprint density at radius 3 is 1.50 bits per heavy atom. The Labute approximate surface area is 64.9 Å². The topological polar surface area (TPSA) is 0 Å². The molecule has 0 bridgehead atoms. The molecule has 0 aromatic rings. The molecule has 0 aliphatic rings. The summed E-state index contributed by atoms with van der Waals surface area (Å²) in [5.74, 6) is -4.44. The van der Waals surface area contributed by atoms with Crippen LogP contribution in [0.4, 0.5) is 13.2 Å². The third-order valence-corrected chi connectivity index (χ3v) is 1.02. The Kier molecular flexibility index (Phi) is 3.42. The Morgan fingerprint density at radius 2 is 1.40 bits per heavy atom. The van der Waals surface area contributed by atoms with Crippen molar-refractivity contribution in [3.63, 3.8) is 0 Å². The molecule has 4 heteroatoms. The van der Waals surface area contributed by atoms with Crippen molar-refractivity contribution in [1.82, 2.24) is 0 Å². The molecule has 10 heavy (non-hydrogen) atoms. The van der Waals surface area contributed by atoms with Crippen LogP contribution in [-0.2, 0) is 0 Å². The zero-order valence-electron chi connectivity index (χ0n) is 4.93. The summed E-state index contributed by atoms with van der Waals surface area (Å²) in [6.07, 6.45) is 0. The second-order valence-corrected chi connectivity index (χ2v) is 2.39. The van der Waals surface area contributed by atoms with E-state index in [1.165, 1.54) is 0 Å². The molecule has 0 radical (unpaired) electrons. The summed E-state index contributed by atoms with van der Waals surface area (Å²) in [7, 11) is 0. The molecule has 0 fully saturated rings. The van der Waals surface area contributed by atoms with Crippen molar-refractivity contribution < 1.29 is 13.2 Å². The van der Waals surface area contributed by atoms with Crippen LogP contribution in [0.1, 0.15) is 0 Å². The molecular weight excluding hydrogens is 209 g/mol. The average molecular weight is 213 g/mol. The van der Waals surface area contributed by atoms with Gasteiger partial charge in [-0.25, -0.2) is 13.2 Å². The van der Waals surface area contributed by atoms with Gasteiger partial charge in [0, 0.05) is 4.48 Å². The summed E-state index contributed by atoms with van der Waals surface area (Å²) in [6, 6.07) is 0. The number of hydrogen-bond donors (Lipinski definition) is 0. The summed E-state index contributed by atoms with van der Waals surface area (Å²) in [4.78, 5) is 0. The fourth-order valence-corrected chi connectivity index (χ4v) is 0.412. The van der Waals surface area contributed by atoms with E-state index in [0.717, 1.165) is 0 Å². The van der Waals surface area contributed by atoms with E-state index >= 15 is 0 Å². The lowest BCUT2D eigenvalue weighted by Crippen LogP contribution is -1.79. The van der Waals surface area contributed by atoms with Gasteiger partial charge in [0.25, 0.3) is 0 Å². The summed E-state index contributed by atoms with van der Waals surface area (Å²) in [6.45, 7) is 5.55. The van der Waals surface area contributed by atoms with Gasteiger partial charge in [0.1, 0.15) is 0 Å². The molecule has 0 saturated carbocycles. The van der Waals surface area contributed by atoms with E-state index in [0.29, 0.717) is 0 Å². The van der Waals surface area contributed by atoms with E-state index in [2.05, 4.69) is 29.1 Å². The van der Waals surface area contributed by atoms with E-state index in [1.54, 1.807) is 0 Å². The number of rotatable bonds is 2. The van der Waals surface area contributed by atoms with Crippen molar-refractivity contribution in [3.05, 3.63) is 35.1 Å². The van der Waals surface area contributed by atoms with Crippen LogP contribution < -0.4 is 0 Å². The standard InChI is InChI=1S/C6H4BrF3/c1-3(7)5(9)6(10)4(2)8/h1-2H2. The van der Waals surface area contributed by atoms with Crippen molar-refractivity contribution >= 4 is 15.9 Å². The molecule has 0 atom stereocenters. The average Bonchev–Trinajstić information content (AvgIpc) is 1.84. The van der Waals surface area contributed by atoms with Crippen LogP contribution in [0.2, 0.25) is 0 Å². The Bertz CT molecular complexity index is 183. The SMILES string of the molecule is C=C(F)C(F)=C(F)C(=C)Br. The quantitative estimate of drug-likeness (QED) is 0.615. The van der Waals surface area contributed by atoms with Crippen LogP contribution in [0.5, 0.6) is 0 Å². The van der Waals surface area contributed by atoms with E-state index in [-0.39, 0.29) is 4.48 Å².